The molecular formula is C63H76Cl4N6O10S2. The van der Waals surface area contributed by atoms with E-state index in [1.54, 1.807) is 23.9 Å². The molecule has 4 aliphatic rings. The van der Waals surface area contributed by atoms with Crippen molar-refractivity contribution in [2.75, 3.05) is 40.3 Å². The number of amides is 5. The highest BCUT2D eigenvalue weighted by Crippen LogP contribution is 2.38. The largest absolute Gasteiger partial charge is 0.478 e. The Morgan fingerprint density at radius 3 is 1.46 bits per heavy atom. The monoisotopic (exact) mass is 1280 g/mol. The standard InChI is InChI=1S/C28H31Cl2N3O4.C20H24N2O3.C14H13Cl2NO3.CH4.2H2S/c1-17(34)23(10-11-24(35)32(2)15-18-6-4-3-5-7-18)31-27(36)25-22(29)14-21-20(26(25)30)12-13-33(28(21)37)16-19-8-9-19;1-22(14-16-8-4-2-5-9-16)19(23)13-12-18(21)20(24)25-15-17-10-6-3-7-11-17;15-10-5-9-8(12(16)11(10)14(19)20)3-4-17(13(9)18)6-7-1-2-7;;;/h3-7,14,19,23H,8-13,15-16H2,1-2H3,(H,31,36);2-11,18H,12-15,21H2,1H3;5,7H,1-4,6H2,(H,19,20);1H4;2*1H2/t23-;18-;;;;/m00..../s1. The molecule has 9 rings (SSSR count). The molecule has 2 aliphatic heterocycles. The summed E-state index contributed by atoms with van der Waals surface area (Å²) in [5, 5.41) is 12.1. The maximum Gasteiger partial charge on any atom is 0.338 e. The number of halogens is 4. The quantitative estimate of drug-likeness (QED) is 0.0587. The Kier molecular flexibility index (Phi) is 28.3. The molecule has 22 heteroatoms. The molecule has 0 unspecified atom stereocenters. The summed E-state index contributed by atoms with van der Waals surface area (Å²) in [5.74, 6) is -1.75. The van der Waals surface area contributed by atoms with Gasteiger partial charge in [-0.15, -0.1) is 0 Å². The minimum absolute atomic E-state index is 0. The fraction of sp³-hybridized carbons (Fsp3) is 0.397. The predicted octanol–water partition coefficient (Wildman–Crippen LogP) is 11.0. The molecule has 85 heavy (non-hydrogen) atoms. The van der Waals surface area contributed by atoms with E-state index in [-0.39, 0.29) is 127 Å². The third-order valence-corrected chi connectivity index (χ3v) is 16.2. The summed E-state index contributed by atoms with van der Waals surface area (Å²) in [4.78, 5) is 106. The number of nitrogens with zero attached hydrogens (tertiary/aromatic N) is 4. The summed E-state index contributed by atoms with van der Waals surface area (Å²) in [7, 11) is 3.45. The third kappa shape index (κ3) is 20.2. The molecule has 458 valence electrons. The second-order valence-electron chi connectivity index (χ2n) is 21.2. The van der Waals surface area contributed by atoms with E-state index < -0.39 is 29.9 Å². The van der Waals surface area contributed by atoms with Crippen LogP contribution < -0.4 is 11.1 Å². The number of carbonyl (C=O) groups excluding carboxylic acids is 7. The molecule has 0 aromatic heterocycles. The molecule has 2 aliphatic carbocycles. The summed E-state index contributed by atoms with van der Waals surface area (Å²) in [5.41, 5.74) is 10.8. The lowest BCUT2D eigenvalue weighted by Crippen LogP contribution is -2.42. The van der Waals surface area contributed by atoms with E-state index in [1.165, 1.54) is 31.9 Å². The van der Waals surface area contributed by atoms with Crippen molar-refractivity contribution in [2.24, 2.45) is 17.6 Å². The van der Waals surface area contributed by atoms with Crippen LogP contribution in [0.2, 0.25) is 20.1 Å². The fourth-order valence-corrected chi connectivity index (χ4v) is 11.0. The van der Waals surface area contributed by atoms with Crippen molar-refractivity contribution in [2.45, 2.75) is 110 Å². The Balaban J connectivity index is 0.000000283. The minimum atomic E-state index is -1.17. The van der Waals surface area contributed by atoms with Crippen molar-refractivity contribution in [1.82, 2.24) is 24.9 Å². The maximum atomic E-state index is 13.2. The Labute approximate surface area is 531 Å². The van der Waals surface area contributed by atoms with Crippen molar-refractivity contribution in [3.63, 3.8) is 0 Å². The van der Waals surface area contributed by atoms with E-state index in [0.717, 1.165) is 42.6 Å². The van der Waals surface area contributed by atoms with Gasteiger partial charge < -0.3 is 40.5 Å². The Hall–Kier alpha value is -6.12. The van der Waals surface area contributed by atoms with Crippen LogP contribution in [0.5, 0.6) is 0 Å². The topological polar surface area (TPSA) is 217 Å². The molecule has 0 bridgehead atoms. The molecule has 2 heterocycles. The van der Waals surface area contributed by atoms with Crippen LogP contribution in [0.3, 0.4) is 0 Å². The van der Waals surface area contributed by atoms with Crippen molar-refractivity contribution in [3.8, 4) is 0 Å². The van der Waals surface area contributed by atoms with Gasteiger partial charge in [0.25, 0.3) is 17.7 Å². The number of ether oxygens (including phenoxy) is 1. The molecule has 0 saturated heterocycles. The van der Waals surface area contributed by atoms with Crippen molar-refractivity contribution in [3.05, 3.63) is 173 Å². The van der Waals surface area contributed by atoms with E-state index in [9.17, 15) is 38.4 Å². The van der Waals surface area contributed by atoms with Gasteiger partial charge in [0, 0.05) is 77.3 Å². The van der Waals surface area contributed by atoms with E-state index in [1.807, 2.05) is 101 Å². The van der Waals surface area contributed by atoms with Gasteiger partial charge in [-0.25, -0.2) is 4.79 Å². The van der Waals surface area contributed by atoms with E-state index in [2.05, 4.69) is 5.32 Å². The van der Waals surface area contributed by atoms with Crippen LogP contribution in [0, 0.1) is 11.8 Å². The number of esters is 1. The van der Waals surface area contributed by atoms with Gasteiger partial charge in [-0.3, -0.25) is 33.6 Å². The van der Waals surface area contributed by atoms with Crippen molar-refractivity contribution in [1.29, 1.82) is 0 Å². The van der Waals surface area contributed by atoms with Crippen LogP contribution >= 0.6 is 73.4 Å². The number of aromatic carboxylic acids is 1. The highest BCUT2D eigenvalue weighted by Gasteiger charge is 2.36. The van der Waals surface area contributed by atoms with Crippen LogP contribution in [0.4, 0.5) is 0 Å². The van der Waals surface area contributed by atoms with Crippen molar-refractivity contribution >= 4 is 121 Å². The summed E-state index contributed by atoms with van der Waals surface area (Å²) < 4.78 is 5.19. The number of nitrogens with one attached hydrogen (secondary N) is 1. The van der Waals surface area contributed by atoms with Gasteiger partial charge >= 0.3 is 11.9 Å². The predicted molar refractivity (Wildman–Crippen MR) is 342 cm³/mol. The highest BCUT2D eigenvalue weighted by molar-refractivity contribution is 7.59. The minimum Gasteiger partial charge on any atom is -0.478 e. The lowest BCUT2D eigenvalue weighted by molar-refractivity contribution is -0.147. The summed E-state index contributed by atoms with van der Waals surface area (Å²) in [6.45, 7) is 5.18. The molecule has 5 aromatic carbocycles. The van der Waals surface area contributed by atoms with Gasteiger partial charge in [-0.1, -0.05) is 145 Å². The van der Waals surface area contributed by atoms with Crippen LogP contribution in [-0.4, -0.2) is 124 Å². The smallest absolute Gasteiger partial charge is 0.338 e. The van der Waals surface area contributed by atoms with E-state index in [0.29, 0.717) is 73.1 Å². The van der Waals surface area contributed by atoms with Gasteiger partial charge in [0.1, 0.15) is 12.6 Å². The van der Waals surface area contributed by atoms with Crippen LogP contribution in [0.25, 0.3) is 0 Å². The average molecular weight is 1280 g/mol. The fourth-order valence-electron chi connectivity index (χ4n) is 9.58. The molecule has 5 amide bonds. The lowest BCUT2D eigenvalue weighted by Gasteiger charge is -2.30. The average Bonchev–Trinajstić information content (AvgIpc) is 3.95. The molecular weight excluding hydrogens is 1210 g/mol. The zero-order chi connectivity index (χ0) is 59.2. The number of rotatable bonds is 21. The zero-order valence-electron chi connectivity index (χ0n) is 47.1. The lowest BCUT2D eigenvalue weighted by atomic mass is 9.95. The van der Waals surface area contributed by atoms with E-state index in [4.69, 9.17) is 62.0 Å². The molecule has 4 N–H and O–H groups in total. The number of carboxylic acid groups (broad SMARTS) is 1. The van der Waals surface area contributed by atoms with Gasteiger partial charge in [0.15, 0.2) is 5.78 Å². The SMILES string of the molecule is C.CC(=O)[C@H](CCC(=O)N(C)Cc1ccccc1)NC(=O)c1c(Cl)cc2c(c1Cl)CCN(CC1CC1)C2=O.CN(Cc1ccccc1)C(=O)CC[C@H](N)C(=O)OCc1ccccc1.O=C(O)c1c(Cl)cc2c(c1Cl)CCN(CC1CC1)C2=O.S.S. The van der Waals surface area contributed by atoms with E-state index >= 15 is 0 Å². The summed E-state index contributed by atoms with van der Waals surface area (Å²) >= 11 is 25.1. The second-order valence-corrected chi connectivity index (χ2v) is 22.8. The number of ketones is 1. The Bertz CT molecular complexity index is 3160. The number of Topliss-reactive ketones (excluding diaryl/α,β-unsaturated/α-hetero) is 1. The summed E-state index contributed by atoms with van der Waals surface area (Å²) in [6.07, 6.45) is 6.46. The molecule has 2 atom stereocenters. The van der Waals surface area contributed by atoms with Gasteiger partial charge in [0.05, 0.1) is 37.3 Å². The number of carbonyl (C=O) groups is 8. The molecule has 2 fully saturated rings. The maximum absolute atomic E-state index is 13.2. The number of benzene rings is 5. The first-order chi connectivity index (χ1) is 39.2. The van der Waals surface area contributed by atoms with Gasteiger partial charge in [-0.2, -0.15) is 27.0 Å². The normalized spacial score (nSPS) is 14.5. The first-order valence-corrected chi connectivity index (χ1v) is 28.9. The van der Waals surface area contributed by atoms with Crippen LogP contribution in [0.1, 0.15) is 135 Å². The number of carboxylic acids is 1. The van der Waals surface area contributed by atoms with Crippen molar-refractivity contribution < 1.29 is 48.2 Å². The zero-order valence-corrected chi connectivity index (χ0v) is 52.2. The number of nitrogens with two attached hydrogens (primary N) is 1. The number of fused-ring (bicyclic) bond motifs is 2. The first kappa shape index (κ1) is 71.4. The summed E-state index contributed by atoms with van der Waals surface area (Å²) in [6, 6.07) is 30.0. The van der Waals surface area contributed by atoms with Crippen LogP contribution in [-0.2, 0) is 56.5 Å². The highest BCUT2D eigenvalue weighted by atomic mass is 35.5. The number of hydrogen-bond donors (Lipinski definition) is 3. The molecule has 2 saturated carbocycles. The Morgan fingerprint density at radius 2 is 1.05 bits per heavy atom. The molecule has 16 nitrogen and oxygen atoms in total. The first-order valence-electron chi connectivity index (χ1n) is 27.4. The van der Waals surface area contributed by atoms with Gasteiger partial charge in [-0.05, 0) is 110 Å². The molecule has 5 aromatic rings. The second kappa shape index (κ2) is 33.7. The molecule has 0 radical (unpaired) electrons. The van der Waals surface area contributed by atoms with Gasteiger partial charge in [0.2, 0.25) is 11.8 Å². The number of hydrogen-bond acceptors (Lipinski definition) is 10. The Morgan fingerprint density at radius 1 is 0.647 bits per heavy atom. The molecule has 0 spiro atoms. The van der Waals surface area contributed by atoms with Crippen LogP contribution in [0.15, 0.2) is 103 Å². The third-order valence-electron chi connectivity index (χ3n) is 14.7.